The first kappa shape index (κ1) is 23.6. The van der Waals surface area contributed by atoms with E-state index in [1.807, 2.05) is 11.9 Å². The number of carbonyl (C=O) groups excluding carboxylic acids is 1. The summed E-state index contributed by atoms with van der Waals surface area (Å²) in [6.07, 6.45) is 4.37. The summed E-state index contributed by atoms with van der Waals surface area (Å²) in [5, 5.41) is 22.4. The van der Waals surface area contributed by atoms with Gasteiger partial charge in [-0.05, 0) is 56.9 Å². The van der Waals surface area contributed by atoms with E-state index in [-0.39, 0.29) is 48.9 Å². The minimum atomic E-state index is -1.06. The number of likely N-dealkylation sites (tertiary alicyclic amines) is 1. The van der Waals surface area contributed by atoms with E-state index in [1.165, 1.54) is 0 Å². The van der Waals surface area contributed by atoms with E-state index < -0.39 is 11.5 Å². The minimum Gasteiger partial charge on any atom is -0.394 e. The third-order valence-electron chi connectivity index (χ3n) is 7.72. The molecule has 5 N–H and O–H groups in total. The molecule has 3 aliphatic heterocycles. The van der Waals surface area contributed by atoms with Crippen LogP contribution in [0.3, 0.4) is 0 Å². The van der Waals surface area contributed by atoms with Crippen LogP contribution in [0.5, 0.6) is 0 Å². The Morgan fingerprint density at radius 3 is 2.77 bits per heavy atom. The van der Waals surface area contributed by atoms with Crippen molar-refractivity contribution in [1.29, 1.82) is 0 Å². The van der Waals surface area contributed by atoms with Gasteiger partial charge < -0.3 is 10.0 Å². The van der Waals surface area contributed by atoms with Gasteiger partial charge in [-0.2, -0.15) is 0 Å². The molecule has 0 aromatic carbocycles. The highest BCUT2D eigenvalue weighted by molar-refractivity contribution is 6.21. The highest BCUT2D eigenvalue weighted by atomic mass is 35.5. The summed E-state index contributed by atoms with van der Waals surface area (Å²) in [6.45, 7) is 2.40. The van der Waals surface area contributed by atoms with E-state index in [0.717, 1.165) is 38.8 Å². The molecule has 31 heavy (non-hydrogen) atoms. The molecule has 8 atom stereocenters. The lowest BCUT2D eigenvalue weighted by atomic mass is 9.80. The largest absolute Gasteiger partial charge is 0.394 e. The average Bonchev–Trinajstić information content (AvgIpc) is 3.16. The van der Waals surface area contributed by atoms with Crippen molar-refractivity contribution in [3.05, 3.63) is 0 Å². The Labute approximate surface area is 189 Å². The third-order valence-corrected chi connectivity index (χ3v) is 8.21. The maximum atomic E-state index is 14.2. The predicted octanol–water partition coefficient (Wildman–Crippen LogP) is 0.322. The monoisotopic (exact) mass is 460 g/mol. The van der Waals surface area contributed by atoms with Crippen molar-refractivity contribution in [2.75, 3.05) is 33.3 Å². The Bertz CT molecular complexity index is 618. The zero-order valence-corrected chi connectivity index (χ0v) is 19.2. The van der Waals surface area contributed by atoms with E-state index in [1.54, 1.807) is 0 Å². The lowest BCUT2D eigenvalue weighted by Crippen LogP contribution is -2.66. The second-order valence-corrected chi connectivity index (χ2v) is 10.2. The average molecular weight is 461 g/mol. The van der Waals surface area contributed by atoms with Crippen LogP contribution in [-0.4, -0.2) is 90.3 Å². The molecule has 1 amide bonds. The molecule has 3 saturated heterocycles. The number of alkyl halides is 2. The third kappa shape index (κ3) is 5.51. The summed E-state index contributed by atoms with van der Waals surface area (Å²) in [5.74, 6) is 0.350. The molecule has 10 heteroatoms. The van der Waals surface area contributed by atoms with Gasteiger partial charge in [-0.15, -0.1) is 11.6 Å². The van der Waals surface area contributed by atoms with Crippen molar-refractivity contribution in [3.63, 3.8) is 0 Å². The molecule has 1 aliphatic carbocycles. The SMILES string of the molecule is CN1NCCC1NC1NCCC(C2CCN([C@H](CO)C3CCC(Cl)C(F)C3)C(=O)C2)N1. The summed E-state index contributed by atoms with van der Waals surface area (Å²) < 4.78 is 14.2. The van der Waals surface area contributed by atoms with Crippen molar-refractivity contribution in [1.82, 2.24) is 31.3 Å². The van der Waals surface area contributed by atoms with Crippen LogP contribution in [-0.2, 0) is 4.79 Å². The molecule has 4 aliphatic rings. The molecule has 0 aromatic rings. The maximum absolute atomic E-state index is 14.2. The van der Waals surface area contributed by atoms with Crippen molar-refractivity contribution in [2.24, 2.45) is 11.8 Å². The van der Waals surface area contributed by atoms with Crippen molar-refractivity contribution in [3.8, 4) is 0 Å². The lowest BCUT2D eigenvalue weighted by molar-refractivity contribution is -0.141. The van der Waals surface area contributed by atoms with E-state index in [9.17, 15) is 14.3 Å². The fourth-order valence-corrected chi connectivity index (χ4v) is 6.04. The smallest absolute Gasteiger partial charge is 0.223 e. The van der Waals surface area contributed by atoms with Gasteiger partial charge in [0.1, 0.15) is 12.5 Å². The van der Waals surface area contributed by atoms with Crippen LogP contribution in [0.15, 0.2) is 0 Å². The van der Waals surface area contributed by atoms with Crippen LogP contribution < -0.4 is 21.4 Å². The number of halogens is 2. The first-order valence-corrected chi connectivity index (χ1v) is 12.3. The van der Waals surface area contributed by atoms with Crippen LogP contribution >= 0.6 is 11.6 Å². The van der Waals surface area contributed by atoms with Gasteiger partial charge in [0.25, 0.3) is 0 Å². The number of carbonyl (C=O) groups is 1. The number of aliphatic hydroxyl groups excluding tert-OH is 1. The standard InChI is InChI=1S/C21H38ClFN6O2/c1-28-19(5-8-25-28)27-21-24-7-4-17(26-21)13-6-9-29(20(31)11-13)18(12-30)14-2-3-15(22)16(23)10-14/h13-19,21,24-27,30H,2-12H2,1H3/t13?,14?,15?,16?,17?,18-,19?,21?/m1/s1. The van der Waals surface area contributed by atoms with Gasteiger partial charge in [0.05, 0.1) is 24.2 Å². The van der Waals surface area contributed by atoms with Gasteiger partial charge in [0.2, 0.25) is 5.91 Å². The molecule has 0 aromatic heterocycles. The summed E-state index contributed by atoms with van der Waals surface area (Å²) in [5.41, 5.74) is 3.31. The van der Waals surface area contributed by atoms with Crippen molar-refractivity contribution in [2.45, 2.75) is 81.0 Å². The first-order chi connectivity index (χ1) is 15.0. The number of hydrogen-bond donors (Lipinski definition) is 5. The van der Waals surface area contributed by atoms with Gasteiger partial charge in [-0.25, -0.2) is 9.40 Å². The molecular weight excluding hydrogens is 423 g/mol. The second-order valence-electron chi connectivity index (χ2n) is 9.63. The highest BCUT2D eigenvalue weighted by Crippen LogP contribution is 2.35. The van der Waals surface area contributed by atoms with E-state index in [0.29, 0.717) is 25.8 Å². The number of aliphatic hydroxyl groups is 1. The van der Waals surface area contributed by atoms with Crippen LogP contribution in [0.2, 0.25) is 0 Å². The van der Waals surface area contributed by atoms with E-state index in [2.05, 4.69) is 26.4 Å². The Morgan fingerprint density at radius 2 is 2.10 bits per heavy atom. The van der Waals surface area contributed by atoms with E-state index >= 15 is 0 Å². The van der Waals surface area contributed by atoms with Crippen LogP contribution in [0.1, 0.15) is 44.9 Å². The molecule has 0 spiro atoms. The number of rotatable bonds is 6. The van der Waals surface area contributed by atoms with E-state index in [4.69, 9.17) is 11.6 Å². The number of amides is 1. The van der Waals surface area contributed by atoms with Gasteiger partial charge in [-0.1, -0.05) is 0 Å². The van der Waals surface area contributed by atoms with Crippen LogP contribution in [0, 0.1) is 11.8 Å². The number of hydrazine groups is 1. The molecule has 8 nitrogen and oxygen atoms in total. The van der Waals surface area contributed by atoms with Crippen molar-refractivity contribution < 1.29 is 14.3 Å². The number of piperidine rings is 1. The molecular formula is C21H38ClFN6O2. The Hall–Kier alpha value is -0.550. The molecule has 0 radical (unpaired) electrons. The fourth-order valence-electron chi connectivity index (χ4n) is 5.82. The predicted molar refractivity (Wildman–Crippen MR) is 118 cm³/mol. The Morgan fingerprint density at radius 1 is 1.26 bits per heavy atom. The van der Waals surface area contributed by atoms with Gasteiger partial charge in [0.15, 0.2) is 0 Å². The second kappa shape index (κ2) is 10.6. The molecule has 1 saturated carbocycles. The summed E-state index contributed by atoms with van der Waals surface area (Å²) in [6, 6.07) is -0.0179. The van der Waals surface area contributed by atoms with Crippen LogP contribution in [0.25, 0.3) is 0 Å². The number of hydrogen-bond acceptors (Lipinski definition) is 7. The molecule has 7 unspecified atom stereocenters. The molecule has 0 bridgehead atoms. The van der Waals surface area contributed by atoms with Gasteiger partial charge in [-0.3, -0.25) is 26.2 Å². The normalized spacial score (nSPS) is 41.5. The summed E-state index contributed by atoms with van der Waals surface area (Å²) in [4.78, 5) is 14.9. The zero-order valence-electron chi connectivity index (χ0n) is 18.4. The van der Waals surface area contributed by atoms with Gasteiger partial charge >= 0.3 is 0 Å². The maximum Gasteiger partial charge on any atom is 0.223 e. The molecule has 3 heterocycles. The quantitative estimate of drug-likeness (QED) is 0.365. The Balaban J connectivity index is 1.30. The molecule has 4 rings (SSSR count). The molecule has 4 fully saturated rings. The van der Waals surface area contributed by atoms with Crippen LogP contribution in [0.4, 0.5) is 4.39 Å². The number of nitrogens with one attached hydrogen (secondary N) is 4. The van der Waals surface area contributed by atoms with Gasteiger partial charge in [0, 0.05) is 32.6 Å². The highest BCUT2D eigenvalue weighted by Gasteiger charge is 2.41. The lowest BCUT2D eigenvalue weighted by Gasteiger charge is -2.45. The summed E-state index contributed by atoms with van der Waals surface area (Å²) >= 11 is 6.03. The van der Waals surface area contributed by atoms with Crippen molar-refractivity contribution >= 4 is 17.5 Å². The fraction of sp³-hybridized carbons (Fsp3) is 0.952. The first-order valence-electron chi connectivity index (χ1n) is 11.9. The zero-order chi connectivity index (χ0) is 22.0. The molecule has 178 valence electrons. The minimum absolute atomic E-state index is 0.0157. The summed E-state index contributed by atoms with van der Waals surface area (Å²) in [7, 11) is 2.04. The topological polar surface area (TPSA) is 91.9 Å². The number of nitrogens with zero attached hydrogens (tertiary/aromatic N) is 2. The Kier molecular flexibility index (Phi) is 8.06.